The minimum Gasteiger partial charge on any atom is -0.493 e. The lowest BCUT2D eigenvalue weighted by atomic mass is 10.1. The highest BCUT2D eigenvalue weighted by Crippen LogP contribution is 2.27. The normalized spacial score (nSPS) is 10.9. The van der Waals surface area contributed by atoms with Gasteiger partial charge in [-0.1, -0.05) is 36.4 Å². The van der Waals surface area contributed by atoms with Crippen LogP contribution in [0, 0.1) is 0 Å². The van der Waals surface area contributed by atoms with Gasteiger partial charge in [0.1, 0.15) is 0 Å². The monoisotopic (exact) mass is 466 g/mol. The number of hydrogen-bond acceptors (Lipinski definition) is 5. The second-order valence-corrected chi connectivity index (χ2v) is 6.74. The third-order valence-corrected chi connectivity index (χ3v) is 4.58. The molecule has 0 aliphatic rings. The number of nitrogens with one attached hydrogen (secondary N) is 1. The summed E-state index contributed by atoms with van der Waals surface area (Å²) in [6.07, 6.45) is 4.06. The number of nitrogens with zero attached hydrogens (tertiary/aromatic N) is 2. The Morgan fingerprint density at radius 2 is 1.77 bits per heavy atom. The number of carbonyl (C=O) groups is 1. The van der Waals surface area contributed by atoms with E-state index in [1.54, 1.807) is 26.6 Å². The number of aromatic nitrogens is 2. The van der Waals surface area contributed by atoms with E-state index in [0.717, 1.165) is 17.8 Å². The lowest BCUT2D eigenvalue weighted by Crippen LogP contribution is -2.41. The van der Waals surface area contributed by atoms with Crippen molar-refractivity contribution in [2.75, 3.05) is 14.2 Å². The average molecular weight is 467 g/mol. The molecule has 1 amide bonds. The number of amides is 1. The standard InChI is InChI=1S/C22H26N4O3.2ClH/c1-28-20-9-8-17(10-21(20)29-2)12-24-22(27)19(23)11-18-14-26(15-25-18)13-16-6-4-3-5-7-16;;/h3-10,14-15,19H,11-13,23H2,1-2H3,(H,24,27);2*1H/t19-;;/m0../s1. The minimum absolute atomic E-state index is 0. The minimum atomic E-state index is -0.671. The molecule has 7 nitrogen and oxygen atoms in total. The first-order valence-corrected chi connectivity index (χ1v) is 9.38. The van der Waals surface area contributed by atoms with Crippen molar-refractivity contribution in [3.05, 3.63) is 77.9 Å². The SMILES string of the molecule is COc1ccc(CNC(=O)[C@@H](N)Cc2cn(Cc3ccccc3)cn2)cc1OC.Cl.Cl. The smallest absolute Gasteiger partial charge is 0.237 e. The molecule has 1 aromatic heterocycles. The summed E-state index contributed by atoms with van der Waals surface area (Å²) in [6.45, 7) is 1.09. The van der Waals surface area contributed by atoms with E-state index in [0.29, 0.717) is 24.5 Å². The van der Waals surface area contributed by atoms with Gasteiger partial charge in [0.05, 0.1) is 32.3 Å². The number of imidazole rings is 1. The lowest BCUT2D eigenvalue weighted by molar-refractivity contribution is -0.122. The highest BCUT2D eigenvalue weighted by molar-refractivity contribution is 5.85. The third-order valence-electron chi connectivity index (χ3n) is 4.58. The first kappa shape index (κ1) is 26.3. The Labute approximate surface area is 194 Å². The highest BCUT2D eigenvalue weighted by Gasteiger charge is 2.16. The van der Waals surface area contributed by atoms with E-state index < -0.39 is 6.04 Å². The van der Waals surface area contributed by atoms with Gasteiger partial charge in [0.15, 0.2) is 11.5 Å². The number of ether oxygens (including phenoxy) is 2. The van der Waals surface area contributed by atoms with E-state index in [1.165, 1.54) is 5.56 Å². The Hall–Kier alpha value is -2.74. The molecule has 0 fully saturated rings. The molecule has 0 unspecified atom stereocenters. The average Bonchev–Trinajstić information content (AvgIpc) is 3.18. The third kappa shape index (κ3) is 7.47. The molecule has 9 heteroatoms. The molecular formula is C22H28Cl2N4O3. The van der Waals surface area contributed by atoms with Crippen LogP contribution in [0.15, 0.2) is 61.1 Å². The molecule has 0 saturated heterocycles. The van der Waals surface area contributed by atoms with Crippen LogP contribution in [0.1, 0.15) is 16.8 Å². The molecule has 2 aromatic carbocycles. The number of halogens is 2. The van der Waals surface area contributed by atoms with Crippen LogP contribution in [0.4, 0.5) is 0 Å². The number of methoxy groups -OCH3 is 2. The zero-order valence-electron chi connectivity index (χ0n) is 17.5. The zero-order chi connectivity index (χ0) is 20.6. The van der Waals surface area contributed by atoms with Crippen molar-refractivity contribution in [2.45, 2.75) is 25.6 Å². The van der Waals surface area contributed by atoms with Crippen LogP contribution in [0.5, 0.6) is 11.5 Å². The van der Waals surface area contributed by atoms with Gasteiger partial charge < -0.3 is 25.1 Å². The van der Waals surface area contributed by atoms with E-state index >= 15 is 0 Å². The molecule has 3 N–H and O–H groups in total. The Kier molecular flexibility index (Phi) is 10.9. The van der Waals surface area contributed by atoms with Gasteiger partial charge in [0.25, 0.3) is 0 Å². The molecule has 0 radical (unpaired) electrons. The number of carbonyl (C=O) groups excluding carboxylic acids is 1. The van der Waals surface area contributed by atoms with Crippen LogP contribution >= 0.6 is 24.8 Å². The summed E-state index contributed by atoms with van der Waals surface area (Å²) in [5.74, 6) is 1.04. The molecule has 3 aromatic rings. The van der Waals surface area contributed by atoms with Crippen LogP contribution in [-0.4, -0.2) is 35.7 Å². The van der Waals surface area contributed by atoms with Crippen molar-refractivity contribution in [3.63, 3.8) is 0 Å². The lowest BCUT2D eigenvalue weighted by Gasteiger charge is -2.13. The second kappa shape index (κ2) is 12.8. The molecular weight excluding hydrogens is 439 g/mol. The number of hydrogen-bond donors (Lipinski definition) is 2. The van der Waals surface area contributed by atoms with Crippen molar-refractivity contribution < 1.29 is 14.3 Å². The van der Waals surface area contributed by atoms with Crippen LogP contribution in [0.2, 0.25) is 0 Å². The van der Waals surface area contributed by atoms with Crippen molar-refractivity contribution in [1.82, 2.24) is 14.9 Å². The Morgan fingerprint density at radius 3 is 2.45 bits per heavy atom. The van der Waals surface area contributed by atoms with Gasteiger partial charge in [-0.05, 0) is 23.3 Å². The molecule has 168 valence electrons. The molecule has 0 aliphatic carbocycles. The van der Waals surface area contributed by atoms with Crippen molar-refractivity contribution in [2.24, 2.45) is 5.73 Å². The maximum Gasteiger partial charge on any atom is 0.237 e. The Bertz CT molecular complexity index is 951. The summed E-state index contributed by atoms with van der Waals surface area (Å²) in [5, 5.41) is 2.86. The molecule has 3 rings (SSSR count). The fourth-order valence-electron chi connectivity index (χ4n) is 3.02. The predicted molar refractivity (Wildman–Crippen MR) is 125 cm³/mol. The quantitative estimate of drug-likeness (QED) is 0.505. The Morgan fingerprint density at radius 1 is 1.06 bits per heavy atom. The fraction of sp³-hybridized carbons (Fsp3) is 0.273. The van der Waals surface area contributed by atoms with Crippen LogP contribution in [-0.2, 0) is 24.3 Å². The molecule has 0 bridgehead atoms. The topological polar surface area (TPSA) is 91.4 Å². The number of benzene rings is 2. The van der Waals surface area contributed by atoms with Crippen LogP contribution in [0.3, 0.4) is 0 Å². The Balaban J connectivity index is 0.00000240. The van der Waals surface area contributed by atoms with E-state index in [4.69, 9.17) is 15.2 Å². The molecule has 1 atom stereocenters. The highest BCUT2D eigenvalue weighted by atomic mass is 35.5. The van der Waals surface area contributed by atoms with Gasteiger partial charge in [-0.3, -0.25) is 4.79 Å². The van der Waals surface area contributed by atoms with E-state index in [9.17, 15) is 4.79 Å². The molecule has 0 saturated carbocycles. The van der Waals surface area contributed by atoms with Crippen LogP contribution < -0.4 is 20.5 Å². The summed E-state index contributed by atoms with van der Waals surface area (Å²) in [5.41, 5.74) is 8.94. The summed E-state index contributed by atoms with van der Waals surface area (Å²) >= 11 is 0. The molecule has 1 heterocycles. The van der Waals surface area contributed by atoms with Gasteiger partial charge in [-0.2, -0.15) is 0 Å². The van der Waals surface area contributed by atoms with Crippen LogP contribution in [0.25, 0.3) is 0 Å². The molecule has 0 aliphatic heterocycles. The first-order valence-electron chi connectivity index (χ1n) is 9.38. The second-order valence-electron chi connectivity index (χ2n) is 6.74. The predicted octanol–water partition coefficient (Wildman–Crippen LogP) is 2.98. The van der Waals surface area contributed by atoms with Crippen molar-refractivity contribution >= 4 is 30.7 Å². The summed E-state index contributed by atoms with van der Waals surface area (Å²) in [6, 6.07) is 15.0. The van der Waals surface area contributed by atoms with Crippen molar-refractivity contribution in [1.29, 1.82) is 0 Å². The summed E-state index contributed by atoms with van der Waals surface area (Å²) in [7, 11) is 3.16. The van der Waals surface area contributed by atoms with E-state index in [-0.39, 0.29) is 30.7 Å². The molecule has 31 heavy (non-hydrogen) atoms. The summed E-state index contributed by atoms with van der Waals surface area (Å²) in [4.78, 5) is 16.7. The van der Waals surface area contributed by atoms with E-state index in [2.05, 4.69) is 22.4 Å². The van der Waals surface area contributed by atoms with Gasteiger partial charge in [-0.15, -0.1) is 24.8 Å². The number of nitrogens with two attached hydrogens (primary N) is 1. The maximum absolute atomic E-state index is 12.4. The van der Waals surface area contributed by atoms with Gasteiger partial charge in [-0.25, -0.2) is 4.98 Å². The fourth-order valence-corrected chi connectivity index (χ4v) is 3.02. The van der Waals surface area contributed by atoms with Gasteiger partial charge in [0, 0.05) is 25.7 Å². The first-order chi connectivity index (χ1) is 14.1. The van der Waals surface area contributed by atoms with Gasteiger partial charge >= 0.3 is 0 Å². The molecule has 0 spiro atoms. The zero-order valence-corrected chi connectivity index (χ0v) is 19.1. The van der Waals surface area contributed by atoms with E-state index in [1.807, 2.05) is 41.1 Å². The van der Waals surface area contributed by atoms with Gasteiger partial charge in [0.2, 0.25) is 5.91 Å². The largest absolute Gasteiger partial charge is 0.493 e. The summed E-state index contributed by atoms with van der Waals surface area (Å²) < 4.78 is 12.5. The van der Waals surface area contributed by atoms with Crippen molar-refractivity contribution in [3.8, 4) is 11.5 Å². The number of rotatable bonds is 9. The maximum atomic E-state index is 12.4.